The third kappa shape index (κ3) is 4.01. The Balaban J connectivity index is 1.80. The van der Waals surface area contributed by atoms with Crippen LogP contribution in [0.25, 0.3) is 0 Å². The molecule has 0 spiro atoms. The van der Waals surface area contributed by atoms with Gasteiger partial charge in [0.1, 0.15) is 5.82 Å². The third-order valence-corrected chi connectivity index (χ3v) is 5.84. The molecule has 0 saturated carbocycles. The Labute approximate surface area is 177 Å². The second kappa shape index (κ2) is 8.14. The zero-order valence-corrected chi connectivity index (χ0v) is 16.9. The monoisotopic (exact) mass is 433 g/mol. The number of hydrogen-bond donors (Lipinski definition) is 0. The summed E-state index contributed by atoms with van der Waals surface area (Å²) in [7, 11) is 0. The van der Waals surface area contributed by atoms with Gasteiger partial charge in [-0.3, -0.25) is 15.0 Å². The summed E-state index contributed by atoms with van der Waals surface area (Å²) in [5, 5.41) is 11.9. The van der Waals surface area contributed by atoms with Crippen LogP contribution in [0.2, 0.25) is 10.0 Å². The second-order valence-electron chi connectivity index (χ2n) is 7.06. The second-order valence-corrected chi connectivity index (χ2v) is 7.88. The first kappa shape index (κ1) is 19.9. The first-order valence-electron chi connectivity index (χ1n) is 9.21. The average molecular weight is 434 g/mol. The summed E-state index contributed by atoms with van der Waals surface area (Å²) >= 11 is 12.5. The first-order valence-corrected chi connectivity index (χ1v) is 9.96. The lowest BCUT2D eigenvalue weighted by Crippen LogP contribution is -2.29. The predicted octanol–water partition coefficient (Wildman–Crippen LogP) is 5.84. The molecule has 1 aliphatic rings. The zero-order valence-electron chi connectivity index (χ0n) is 15.4. The molecule has 2 heterocycles. The van der Waals surface area contributed by atoms with Gasteiger partial charge in [0, 0.05) is 54.2 Å². The number of hydrogen-bond acceptors (Lipinski definition) is 3. The van der Waals surface area contributed by atoms with E-state index in [1.807, 2.05) is 18.3 Å². The van der Waals surface area contributed by atoms with E-state index in [0.717, 1.165) is 30.8 Å². The Morgan fingerprint density at radius 2 is 1.93 bits per heavy atom. The van der Waals surface area contributed by atoms with Crippen LogP contribution in [0.4, 0.5) is 10.1 Å². The Kier molecular flexibility index (Phi) is 5.58. The number of rotatable bonds is 4. The third-order valence-electron chi connectivity index (χ3n) is 5.21. The highest BCUT2D eigenvalue weighted by molar-refractivity contribution is 6.31. The molecule has 0 aliphatic carbocycles. The van der Waals surface area contributed by atoms with Crippen molar-refractivity contribution in [3.8, 4) is 0 Å². The fourth-order valence-corrected chi connectivity index (χ4v) is 4.32. The van der Waals surface area contributed by atoms with Gasteiger partial charge in [-0.2, -0.15) is 0 Å². The van der Waals surface area contributed by atoms with Gasteiger partial charge in [-0.25, -0.2) is 4.39 Å². The summed E-state index contributed by atoms with van der Waals surface area (Å²) in [4.78, 5) is 13.1. The lowest BCUT2D eigenvalue weighted by Gasteiger charge is -2.31. The minimum Gasteiger partial charge on any atom is -0.350 e. The van der Waals surface area contributed by atoms with Crippen LogP contribution in [0.15, 0.2) is 54.7 Å². The quantitative estimate of drug-likeness (QED) is 0.383. The molecular formula is C21H18Cl2FN3O2. The molecule has 2 aromatic carbocycles. The predicted molar refractivity (Wildman–Crippen MR) is 111 cm³/mol. The molecule has 29 heavy (non-hydrogen) atoms. The normalized spacial score (nSPS) is 17.0. The molecule has 0 fully saturated rings. The van der Waals surface area contributed by atoms with Crippen LogP contribution in [-0.2, 0) is 13.1 Å². The van der Waals surface area contributed by atoms with Crippen LogP contribution in [0, 0.1) is 15.9 Å². The number of non-ortho nitro benzene ring substituents is 1. The van der Waals surface area contributed by atoms with Gasteiger partial charge >= 0.3 is 0 Å². The topological polar surface area (TPSA) is 51.3 Å². The maximum absolute atomic E-state index is 13.6. The molecule has 4 rings (SSSR count). The maximum atomic E-state index is 13.6. The van der Waals surface area contributed by atoms with Gasteiger partial charge in [-0.15, -0.1) is 0 Å². The summed E-state index contributed by atoms with van der Waals surface area (Å²) in [6.07, 6.45) is 2.91. The minimum atomic E-state index is -0.460. The smallest absolute Gasteiger partial charge is 0.269 e. The maximum Gasteiger partial charge on any atom is 0.269 e. The summed E-state index contributed by atoms with van der Waals surface area (Å²) in [6, 6.07) is 12.9. The van der Waals surface area contributed by atoms with Crippen molar-refractivity contribution in [2.75, 3.05) is 6.54 Å². The van der Waals surface area contributed by atoms with E-state index in [0.29, 0.717) is 17.1 Å². The molecule has 8 heteroatoms. The largest absolute Gasteiger partial charge is 0.350 e. The summed E-state index contributed by atoms with van der Waals surface area (Å²) in [6.45, 7) is 2.10. The van der Waals surface area contributed by atoms with Crippen LogP contribution in [0.1, 0.15) is 29.3 Å². The van der Waals surface area contributed by atoms with E-state index in [1.165, 1.54) is 12.1 Å². The van der Waals surface area contributed by atoms with E-state index >= 15 is 0 Å². The summed E-state index contributed by atoms with van der Waals surface area (Å²) in [5.74, 6) is -0.460. The van der Waals surface area contributed by atoms with E-state index in [4.69, 9.17) is 23.2 Å². The lowest BCUT2D eigenvalue weighted by atomic mass is 10.00. The number of nitro benzene ring substituents is 1. The lowest BCUT2D eigenvalue weighted by molar-refractivity contribution is -0.384. The van der Waals surface area contributed by atoms with Crippen molar-refractivity contribution in [3.05, 3.63) is 97.5 Å². The van der Waals surface area contributed by atoms with Crippen molar-refractivity contribution in [3.63, 3.8) is 0 Å². The summed E-state index contributed by atoms with van der Waals surface area (Å²) in [5.41, 5.74) is 2.55. The Hall–Kier alpha value is -2.41. The number of benzene rings is 2. The number of nitrogens with zero attached hydrogens (tertiary/aromatic N) is 3. The van der Waals surface area contributed by atoms with E-state index in [-0.39, 0.29) is 16.8 Å². The Morgan fingerprint density at radius 1 is 1.10 bits per heavy atom. The van der Waals surface area contributed by atoms with Gasteiger partial charge in [0.15, 0.2) is 0 Å². The highest BCUT2D eigenvalue weighted by atomic mass is 35.5. The fourth-order valence-electron chi connectivity index (χ4n) is 3.89. The van der Waals surface area contributed by atoms with Crippen molar-refractivity contribution in [1.82, 2.24) is 9.47 Å². The van der Waals surface area contributed by atoms with Crippen LogP contribution in [-0.4, -0.2) is 20.9 Å². The van der Waals surface area contributed by atoms with Crippen molar-refractivity contribution < 1.29 is 9.31 Å². The SMILES string of the molecule is O=[N+]([O-])c1ccc(Cl)c([C@H]2c3cccn3CCCN2Cc2ccc(F)c(Cl)c2)c1. The molecule has 0 unspecified atom stereocenters. The first-order chi connectivity index (χ1) is 13.9. The van der Waals surface area contributed by atoms with Crippen LogP contribution in [0.3, 0.4) is 0 Å². The Bertz CT molecular complexity index is 1070. The van der Waals surface area contributed by atoms with Crippen molar-refractivity contribution in [1.29, 1.82) is 0 Å². The molecule has 150 valence electrons. The van der Waals surface area contributed by atoms with Gasteiger partial charge in [0.2, 0.25) is 0 Å². The molecule has 0 amide bonds. The standard InChI is InChI=1S/C21H18Cl2FN3O2/c22-17-6-5-15(27(28)29)12-16(17)21-20-3-1-8-25(20)9-2-10-26(21)13-14-4-7-19(24)18(23)11-14/h1,3-8,11-12,21H,2,9-10,13H2/t21-/m0/s1. The molecule has 1 aromatic heterocycles. The van der Waals surface area contributed by atoms with Crippen LogP contribution >= 0.6 is 23.2 Å². The van der Waals surface area contributed by atoms with Crippen LogP contribution in [0.5, 0.6) is 0 Å². The van der Waals surface area contributed by atoms with Crippen molar-refractivity contribution in [2.45, 2.75) is 25.6 Å². The molecule has 3 aromatic rings. The van der Waals surface area contributed by atoms with Gasteiger partial charge < -0.3 is 4.57 Å². The minimum absolute atomic E-state index is 0.00321. The molecule has 0 radical (unpaired) electrons. The van der Waals surface area contributed by atoms with Crippen molar-refractivity contribution >= 4 is 28.9 Å². The van der Waals surface area contributed by atoms with Gasteiger partial charge in [0.25, 0.3) is 5.69 Å². The van der Waals surface area contributed by atoms with Gasteiger partial charge in [0.05, 0.1) is 16.0 Å². The molecule has 5 nitrogen and oxygen atoms in total. The van der Waals surface area contributed by atoms with E-state index in [1.54, 1.807) is 24.3 Å². The molecule has 0 saturated heterocycles. The van der Waals surface area contributed by atoms with E-state index < -0.39 is 10.7 Å². The Morgan fingerprint density at radius 3 is 2.69 bits per heavy atom. The van der Waals surface area contributed by atoms with Crippen LogP contribution < -0.4 is 0 Å². The van der Waals surface area contributed by atoms with Gasteiger partial charge in [-0.1, -0.05) is 29.3 Å². The average Bonchev–Trinajstić information content (AvgIpc) is 3.07. The van der Waals surface area contributed by atoms with Crippen molar-refractivity contribution in [2.24, 2.45) is 0 Å². The number of halogens is 3. The number of fused-ring (bicyclic) bond motifs is 1. The number of aryl methyl sites for hydroxylation is 1. The molecule has 1 aliphatic heterocycles. The van der Waals surface area contributed by atoms with Gasteiger partial charge in [-0.05, 0) is 42.3 Å². The molecule has 0 N–H and O–H groups in total. The number of nitro groups is 1. The highest BCUT2D eigenvalue weighted by Gasteiger charge is 2.30. The summed E-state index contributed by atoms with van der Waals surface area (Å²) < 4.78 is 15.7. The zero-order chi connectivity index (χ0) is 20.5. The molecule has 0 bridgehead atoms. The number of aromatic nitrogens is 1. The highest BCUT2D eigenvalue weighted by Crippen LogP contribution is 2.38. The molecular weight excluding hydrogens is 416 g/mol. The van der Waals surface area contributed by atoms with E-state index in [9.17, 15) is 14.5 Å². The fraction of sp³-hybridized carbons (Fsp3) is 0.238. The molecule has 1 atom stereocenters. The van der Waals surface area contributed by atoms with E-state index in [2.05, 4.69) is 9.47 Å².